The number of nitrogens with one attached hydrogen (secondary N) is 1. The molecule has 1 aromatic heterocycles. The summed E-state index contributed by atoms with van der Waals surface area (Å²) in [4.78, 5) is 3.99. The van der Waals surface area contributed by atoms with Crippen LogP contribution in [0.5, 0.6) is 0 Å². The van der Waals surface area contributed by atoms with Crippen LogP contribution in [0.15, 0.2) is 24.4 Å². The molecule has 3 nitrogen and oxygen atoms in total. The van der Waals surface area contributed by atoms with Crippen LogP contribution in [-0.4, -0.2) is 29.1 Å². The zero-order chi connectivity index (χ0) is 8.53. The maximum absolute atomic E-state index is 4.26. The molecule has 0 bridgehead atoms. The van der Waals surface area contributed by atoms with Crippen LogP contribution in [0.3, 0.4) is 0 Å². The second kappa shape index (κ2) is 11.0. The van der Waals surface area contributed by atoms with Crippen molar-refractivity contribution in [2.24, 2.45) is 0 Å². The fraction of sp³-hybridized carbons (Fsp3) is 0.167. The summed E-state index contributed by atoms with van der Waals surface area (Å²) in [5, 5.41) is 2.92. The minimum absolute atomic E-state index is 0. The van der Waals surface area contributed by atoms with Crippen molar-refractivity contribution in [2.45, 2.75) is 0 Å². The summed E-state index contributed by atoms with van der Waals surface area (Å²) in [6.45, 7) is 0. The Kier molecular flexibility index (Phi) is 13.3. The van der Waals surface area contributed by atoms with E-state index in [9.17, 15) is 0 Å². The molecule has 12 heavy (non-hydrogen) atoms. The van der Waals surface area contributed by atoms with Gasteiger partial charge in [0.1, 0.15) is 5.82 Å². The summed E-state index contributed by atoms with van der Waals surface area (Å²) in [6.07, 6.45) is 1.76. The van der Waals surface area contributed by atoms with Gasteiger partial charge < -0.3 is 5.32 Å². The monoisotopic (exact) mass is 274 g/mol. The molecule has 1 heterocycles. The van der Waals surface area contributed by atoms with Gasteiger partial charge in [0.2, 0.25) is 0 Å². The molecule has 0 saturated carbocycles. The van der Waals surface area contributed by atoms with Crippen molar-refractivity contribution in [3.05, 3.63) is 24.4 Å². The summed E-state index contributed by atoms with van der Waals surface area (Å²) in [5.74, 6) is 0.910. The first-order valence-electron chi connectivity index (χ1n) is 2.83. The van der Waals surface area contributed by atoms with E-state index in [-0.39, 0.29) is 17.1 Å². The molecule has 0 fully saturated rings. The minimum Gasteiger partial charge on any atom is -0.373 e. The molecule has 0 aliphatic carbocycles. The maximum Gasteiger partial charge on any atom is 0.125 e. The van der Waals surface area contributed by atoms with Crippen LogP contribution >= 0.6 is 23.7 Å². The Bertz CT molecular complexity index is 176. The predicted octanol–water partition coefficient (Wildman–Crippen LogP) is 2.05. The molecule has 6 heteroatoms. The average molecular weight is 274 g/mol. The van der Waals surface area contributed by atoms with Crippen molar-refractivity contribution in [1.82, 2.24) is 4.98 Å². The van der Waals surface area contributed by atoms with E-state index in [1.165, 1.54) is 0 Å². The van der Waals surface area contributed by atoms with Gasteiger partial charge in [0.15, 0.2) is 0 Å². The third kappa shape index (κ3) is 8.11. The zero-order valence-electron chi connectivity index (χ0n) is 6.33. The van der Waals surface area contributed by atoms with Crippen molar-refractivity contribution in [1.29, 1.82) is 0 Å². The number of aromatic nitrogens is 1. The molecule has 0 aromatic carbocycles. The van der Waals surface area contributed by atoms with Gasteiger partial charge in [-0.05, 0) is 12.1 Å². The molecular weight excluding hydrogens is 266 g/mol. The first kappa shape index (κ1) is 14.5. The van der Waals surface area contributed by atoms with Gasteiger partial charge in [0, 0.05) is 30.3 Å². The number of hydrogen-bond donors (Lipinski definition) is 1. The Labute approximate surface area is 92.2 Å². The summed E-state index contributed by atoms with van der Waals surface area (Å²) in [5.41, 5.74) is 0. The van der Waals surface area contributed by atoms with Gasteiger partial charge in [-0.25, -0.2) is 4.98 Å². The Balaban J connectivity index is 0. The van der Waals surface area contributed by atoms with Crippen molar-refractivity contribution in [3.8, 4) is 0 Å². The molecule has 1 rings (SSSR count). The van der Waals surface area contributed by atoms with E-state index < -0.39 is 0 Å². The smallest absolute Gasteiger partial charge is 0.125 e. The molecule has 0 atom stereocenters. The van der Waals surface area contributed by atoms with Crippen molar-refractivity contribution in [3.63, 3.8) is 0 Å². The number of halogens is 2. The van der Waals surface area contributed by atoms with Crippen LogP contribution in [0.2, 0.25) is 0 Å². The van der Waals surface area contributed by atoms with Gasteiger partial charge in [-0.2, -0.15) is 3.84 Å². The zero-order valence-corrected chi connectivity index (χ0v) is 9.55. The Morgan fingerprint density at radius 2 is 2.00 bits per heavy atom. The van der Waals surface area contributed by atoms with Crippen LogP contribution in [-0.2, 0) is 3.84 Å². The van der Waals surface area contributed by atoms with Gasteiger partial charge in [-0.15, -0.1) is 0 Å². The van der Waals surface area contributed by atoms with Crippen LogP contribution in [0.4, 0.5) is 5.82 Å². The standard InChI is InChI=1S/C6H8N2.Cl2O.Se/c1-7-6-4-2-3-5-8-6;1-3-2;/h2-5H,1H3,(H,7,8);;. The minimum atomic E-state index is 0. The van der Waals surface area contributed by atoms with Crippen LogP contribution in [0.1, 0.15) is 0 Å². The Morgan fingerprint density at radius 1 is 1.42 bits per heavy atom. The summed E-state index contributed by atoms with van der Waals surface area (Å²) in [7, 11) is 1.85. The van der Waals surface area contributed by atoms with Gasteiger partial charge >= 0.3 is 0 Å². The van der Waals surface area contributed by atoms with E-state index in [0.717, 1.165) is 5.82 Å². The van der Waals surface area contributed by atoms with Crippen LogP contribution in [0, 0.1) is 0 Å². The van der Waals surface area contributed by atoms with E-state index in [1.807, 2.05) is 25.2 Å². The molecule has 0 aliphatic rings. The van der Waals surface area contributed by atoms with Crippen molar-refractivity contribution in [2.75, 3.05) is 12.4 Å². The fourth-order valence-corrected chi connectivity index (χ4v) is 0.511. The first-order chi connectivity index (χ1) is 5.35. The van der Waals surface area contributed by atoms with Crippen molar-refractivity contribution < 1.29 is 3.84 Å². The largest absolute Gasteiger partial charge is 0.373 e. The molecule has 0 aliphatic heterocycles. The Hall–Kier alpha value is 0.00948. The fourth-order valence-electron chi connectivity index (χ4n) is 0.511. The third-order valence-electron chi connectivity index (χ3n) is 0.921. The van der Waals surface area contributed by atoms with Gasteiger partial charge in [-0.1, -0.05) is 6.07 Å². The van der Waals surface area contributed by atoms with Crippen LogP contribution in [0.25, 0.3) is 0 Å². The topological polar surface area (TPSA) is 34.2 Å². The van der Waals surface area contributed by atoms with Gasteiger partial charge in [0.25, 0.3) is 0 Å². The molecule has 0 saturated heterocycles. The molecule has 0 spiro atoms. The van der Waals surface area contributed by atoms with Gasteiger partial charge in [-0.3, -0.25) is 0 Å². The molecule has 0 amide bonds. The van der Waals surface area contributed by atoms with E-state index >= 15 is 0 Å². The second-order valence-corrected chi connectivity index (χ2v) is 1.99. The predicted molar refractivity (Wildman–Crippen MR) is 52.3 cm³/mol. The van der Waals surface area contributed by atoms with Gasteiger partial charge in [0.05, 0.1) is 23.7 Å². The SMILES string of the molecule is CNc1ccccn1.ClOCl.[Se]. The molecule has 1 N–H and O–H groups in total. The molecule has 2 radical (unpaired) electrons. The summed E-state index contributed by atoms with van der Waals surface area (Å²) >= 11 is 8.53. The summed E-state index contributed by atoms with van der Waals surface area (Å²) in [6, 6.07) is 5.75. The molecular formula is C6H8Cl2N2OSe. The summed E-state index contributed by atoms with van der Waals surface area (Å²) < 4.78 is 3.19. The number of nitrogens with zero attached hydrogens (tertiary/aromatic N) is 1. The maximum atomic E-state index is 4.26. The normalized spacial score (nSPS) is 7.25. The number of pyridine rings is 1. The number of anilines is 1. The third-order valence-corrected chi connectivity index (χ3v) is 0.921. The number of hydrogen-bond acceptors (Lipinski definition) is 3. The quantitative estimate of drug-likeness (QED) is 0.796. The average Bonchev–Trinajstić information content (AvgIpc) is 2.08. The van der Waals surface area contributed by atoms with E-state index in [0.29, 0.717) is 0 Å². The first-order valence-corrected chi connectivity index (χ1v) is 3.45. The number of rotatable bonds is 1. The molecule has 68 valence electrons. The van der Waals surface area contributed by atoms with Crippen molar-refractivity contribution >= 4 is 46.6 Å². The second-order valence-electron chi connectivity index (χ2n) is 1.52. The Morgan fingerprint density at radius 3 is 2.25 bits per heavy atom. The van der Waals surface area contributed by atoms with E-state index in [1.54, 1.807) is 6.20 Å². The molecule has 0 unspecified atom stereocenters. The van der Waals surface area contributed by atoms with E-state index in [4.69, 9.17) is 0 Å². The van der Waals surface area contributed by atoms with E-state index in [2.05, 4.69) is 37.9 Å². The molecule has 1 aromatic rings. The van der Waals surface area contributed by atoms with Crippen LogP contribution < -0.4 is 5.32 Å².